The topological polar surface area (TPSA) is 49.8 Å². The number of carbonyl (C=O) groups excluding carboxylic acids is 1. The molecule has 2 rings (SSSR count). The van der Waals surface area contributed by atoms with E-state index in [1.807, 2.05) is 25.1 Å². The molecule has 0 radical (unpaired) electrons. The Hall–Kier alpha value is -0.910. The quantitative estimate of drug-likeness (QED) is 0.902. The van der Waals surface area contributed by atoms with Crippen molar-refractivity contribution in [3.8, 4) is 0 Å². The number of hydrogen-bond donors (Lipinski definition) is 1. The molecule has 0 saturated carbocycles. The van der Waals surface area contributed by atoms with Crippen molar-refractivity contribution >= 4 is 21.8 Å². The molecule has 1 fully saturated rings. The SMILES string of the molecule is Cc1ccc(Br)c(C(=O)N2CCOCC2CO)c1. The van der Waals surface area contributed by atoms with Crippen molar-refractivity contribution in [2.45, 2.75) is 13.0 Å². The molecule has 98 valence electrons. The molecule has 1 aromatic carbocycles. The Kier molecular flexibility index (Phi) is 4.37. The monoisotopic (exact) mass is 313 g/mol. The maximum Gasteiger partial charge on any atom is 0.255 e. The number of benzene rings is 1. The van der Waals surface area contributed by atoms with E-state index in [-0.39, 0.29) is 18.6 Å². The van der Waals surface area contributed by atoms with Gasteiger partial charge in [0.1, 0.15) is 0 Å². The van der Waals surface area contributed by atoms with Gasteiger partial charge in [0.05, 0.1) is 31.4 Å². The number of rotatable bonds is 2. The first kappa shape index (κ1) is 13.5. The van der Waals surface area contributed by atoms with Crippen LogP contribution in [0.2, 0.25) is 0 Å². The van der Waals surface area contributed by atoms with Crippen LogP contribution in [0.1, 0.15) is 15.9 Å². The molecule has 1 aromatic rings. The second kappa shape index (κ2) is 5.82. The molecule has 1 heterocycles. The van der Waals surface area contributed by atoms with E-state index < -0.39 is 0 Å². The van der Waals surface area contributed by atoms with E-state index in [1.54, 1.807) is 4.90 Å². The van der Waals surface area contributed by atoms with E-state index in [0.717, 1.165) is 10.0 Å². The first-order chi connectivity index (χ1) is 8.63. The van der Waals surface area contributed by atoms with Crippen LogP contribution in [0.15, 0.2) is 22.7 Å². The van der Waals surface area contributed by atoms with Crippen molar-refractivity contribution in [1.29, 1.82) is 0 Å². The van der Waals surface area contributed by atoms with Crippen LogP contribution in [-0.4, -0.2) is 48.3 Å². The average molecular weight is 314 g/mol. The largest absolute Gasteiger partial charge is 0.394 e. The first-order valence-electron chi connectivity index (χ1n) is 5.89. The number of aliphatic hydroxyl groups is 1. The highest BCUT2D eigenvalue weighted by atomic mass is 79.9. The Morgan fingerprint density at radius 1 is 1.61 bits per heavy atom. The predicted molar refractivity (Wildman–Crippen MR) is 71.6 cm³/mol. The third-order valence-electron chi connectivity index (χ3n) is 3.05. The van der Waals surface area contributed by atoms with Crippen LogP contribution in [0.25, 0.3) is 0 Å². The lowest BCUT2D eigenvalue weighted by Gasteiger charge is -2.34. The summed E-state index contributed by atoms with van der Waals surface area (Å²) in [4.78, 5) is 14.2. The Labute approximate surface area is 115 Å². The highest BCUT2D eigenvalue weighted by molar-refractivity contribution is 9.10. The number of hydrogen-bond acceptors (Lipinski definition) is 3. The average Bonchev–Trinajstić information content (AvgIpc) is 2.40. The van der Waals surface area contributed by atoms with Gasteiger partial charge >= 0.3 is 0 Å². The lowest BCUT2D eigenvalue weighted by Crippen LogP contribution is -2.50. The van der Waals surface area contributed by atoms with E-state index in [9.17, 15) is 9.90 Å². The first-order valence-corrected chi connectivity index (χ1v) is 6.68. The van der Waals surface area contributed by atoms with Gasteiger partial charge in [0, 0.05) is 11.0 Å². The minimum absolute atomic E-state index is 0.0621. The lowest BCUT2D eigenvalue weighted by molar-refractivity contribution is -0.0184. The normalized spacial score (nSPS) is 19.9. The van der Waals surface area contributed by atoms with Gasteiger partial charge in [-0.2, -0.15) is 0 Å². The molecule has 0 aromatic heterocycles. The van der Waals surface area contributed by atoms with Gasteiger partial charge in [-0.3, -0.25) is 4.79 Å². The van der Waals surface area contributed by atoms with Gasteiger partial charge in [-0.15, -0.1) is 0 Å². The number of halogens is 1. The summed E-state index contributed by atoms with van der Waals surface area (Å²) >= 11 is 3.40. The molecule has 1 aliphatic rings. The molecule has 1 aliphatic heterocycles. The van der Waals surface area contributed by atoms with Crippen LogP contribution in [0, 0.1) is 6.92 Å². The van der Waals surface area contributed by atoms with Crippen molar-refractivity contribution in [1.82, 2.24) is 4.90 Å². The Morgan fingerprint density at radius 3 is 3.11 bits per heavy atom. The molecule has 1 amide bonds. The molecule has 1 atom stereocenters. The lowest BCUT2D eigenvalue weighted by atomic mass is 10.1. The van der Waals surface area contributed by atoms with Crippen LogP contribution in [0.4, 0.5) is 0 Å². The Morgan fingerprint density at radius 2 is 2.39 bits per heavy atom. The van der Waals surface area contributed by atoms with E-state index in [4.69, 9.17) is 4.74 Å². The van der Waals surface area contributed by atoms with E-state index in [2.05, 4.69) is 15.9 Å². The number of amides is 1. The van der Waals surface area contributed by atoms with Gasteiger partial charge in [-0.1, -0.05) is 11.6 Å². The van der Waals surface area contributed by atoms with Gasteiger partial charge in [0.25, 0.3) is 5.91 Å². The van der Waals surface area contributed by atoms with Gasteiger partial charge in [0.15, 0.2) is 0 Å². The molecule has 5 heteroatoms. The van der Waals surface area contributed by atoms with Crippen molar-refractivity contribution < 1.29 is 14.6 Å². The number of morpholine rings is 1. The van der Waals surface area contributed by atoms with Crippen molar-refractivity contribution in [2.75, 3.05) is 26.4 Å². The minimum Gasteiger partial charge on any atom is -0.394 e. The molecular weight excluding hydrogens is 298 g/mol. The van der Waals surface area contributed by atoms with E-state index >= 15 is 0 Å². The highest BCUT2D eigenvalue weighted by Gasteiger charge is 2.28. The van der Waals surface area contributed by atoms with Crippen LogP contribution in [0.3, 0.4) is 0 Å². The zero-order chi connectivity index (χ0) is 13.1. The molecule has 0 spiro atoms. The number of aryl methyl sites for hydroxylation is 1. The van der Waals surface area contributed by atoms with Crippen LogP contribution >= 0.6 is 15.9 Å². The van der Waals surface area contributed by atoms with Gasteiger partial charge in [-0.05, 0) is 35.0 Å². The molecule has 4 nitrogen and oxygen atoms in total. The fourth-order valence-electron chi connectivity index (χ4n) is 2.03. The molecule has 0 aliphatic carbocycles. The fraction of sp³-hybridized carbons (Fsp3) is 0.462. The predicted octanol–water partition coefficient (Wildman–Crippen LogP) is 1.59. The fourth-order valence-corrected chi connectivity index (χ4v) is 2.45. The molecular formula is C13H16BrNO3. The molecule has 1 unspecified atom stereocenters. The van der Waals surface area contributed by atoms with Crippen LogP contribution in [0.5, 0.6) is 0 Å². The molecule has 18 heavy (non-hydrogen) atoms. The van der Waals surface area contributed by atoms with E-state index in [0.29, 0.717) is 25.3 Å². The summed E-state index contributed by atoms with van der Waals surface area (Å²) < 4.78 is 6.06. The van der Waals surface area contributed by atoms with Crippen LogP contribution < -0.4 is 0 Å². The second-order valence-corrected chi connectivity index (χ2v) is 5.25. The van der Waals surface area contributed by atoms with Gasteiger partial charge < -0.3 is 14.7 Å². The number of ether oxygens (including phenoxy) is 1. The van der Waals surface area contributed by atoms with Gasteiger partial charge in [0.2, 0.25) is 0 Å². The zero-order valence-electron chi connectivity index (χ0n) is 10.2. The second-order valence-electron chi connectivity index (χ2n) is 4.39. The summed E-state index contributed by atoms with van der Waals surface area (Å²) in [5.74, 6) is -0.0621. The maximum atomic E-state index is 12.5. The maximum absolute atomic E-state index is 12.5. The third kappa shape index (κ3) is 2.74. The highest BCUT2D eigenvalue weighted by Crippen LogP contribution is 2.21. The molecule has 1 N–H and O–H groups in total. The Balaban J connectivity index is 2.26. The summed E-state index contributed by atoms with van der Waals surface area (Å²) in [6.45, 7) is 3.31. The number of nitrogens with zero attached hydrogens (tertiary/aromatic N) is 1. The zero-order valence-corrected chi connectivity index (χ0v) is 11.8. The summed E-state index contributed by atoms with van der Waals surface area (Å²) in [6.07, 6.45) is 0. The molecule has 1 saturated heterocycles. The number of aliphatic hydroxyl groups excluding tert-OH is 1. The molecule has 0 bridgehead atoms. The number of carbonyl (C=O) groups is 1. The summed E-state index contributed by atoms with van der Waals surface area (Å²) in [5, 5.41) is 9.30. The van der Waals surface area contributed by atoms with Crippen molar-refractivity contribution in [2.24, 2.45) is 0 Å². The summed E-state index contributed by atoms with van der Waals surface area (Å²) in [5.41, 5.74) is 1.67. The summed E-state index contributed by atoms with van der Waals surface area (Å²) in [6, 6.07) is 5.43. The third-order valence-corrected chi connectivity index (χ3v) is 3.74. The Bertz CT molecular complexity index is 450. The standard InChI is InChI=1S/C13H16BrNO3/c1-9-2-3-12(14)11(6-9)13(17)15-4-5-18-8-10(15)7-16/h2-3,6,10,16H,4-5,7-8H2,1H3. The smallest absolute Gasteiger partial charge is 0.255 e. The van der Waals surface area contributed by atoms with E-state index in [1.165, 1.54) is 0 Å². The van der Waals surface area contributed by atoms with Gasteiger partial charge in [-0.25, -0.2) is 0 Å². The van der Waals surface area contributed by atoms with Crippen LogP contribution in [-0.2, 0) is 4.74 Å². The minimum atomic E-state index is -0.251. The van der Waals surface area contributed by atoms with Crippen molar-refractivity contribution in [3.63, 3.8) is 0 Å². The van der Waals surface area contributed by atoms with Crippen molar-refractivity contribution in [3.05, 3.63) is 33.8 Å². The summed E-state index contributed by atoms with van der Waals surface area (Å²) in [7, 11) is 0.